The molecular formula is C24H20ClF3N4O3. The van der Waals surface area contributed by atoms with E-state index in [1.54, 1.807) is 61.5 Å². The van der Waals surface area contributed by atoms with E-state index in [1.807, 2.05) is 0 Å². The van der Waals surface area contributed by atoms with Crippen molar-refractivity contribution in [3.63, 3.8) is 0 Å². The largest absolute Gasteiger partial charge is 0.431 e. The molecule has 182 valence electrons. The fourth-order valence-electron chi connectivity index (χ4n) is 3.46. The van der Waals surface area contributed by atoms with Gasteiger partial charge in [-0.1, -0.05) is 54.1 Å². The van der Waals surface area contributed by atoms with Crippen molar-refractivity contribution in [3.05, 3.63) is 88.7 Å². The summed E-state index contributed by atoms with van der Waals surface area (Å²) in [6.07, 6.45) is -5.59. The van der Waals surface area contributed by atoms with Gasteiger partial charge >= 0.3 is 12.3 Å². The van der Waals surface area contributed by atoms with E-state index in [0.29, 0.717) is 22.0 Å². The fraction of sp³-hybridized carbons (Fsp3) is 0.208. The molecule has 0 aliphatic rings. The number of aryl methyl sites for hydroxylation is 1. The molecule has 0 fully saturated rings. The Morgan fingerprint density at radius 1 is 1.11 bits per heavy atom. The van der Waals surface area contributed by atoms with Crippen LogP contribution in [-0.4, -0.2) is 32.8 Å². The molecule has 0 N–H and O–H groups in total. The Bertz CT molecular complexity index is 1320. The molecule has 2 heterocycles. The zero-order chi connectivity index (χ0) is 25.2. The third kappa shape index (κ3) is 5.65. The number of halogens is 4. The highest BCUT2D eigenvalue weighted by Crippen LogP contribution is 2.41. The molecule has 0 aliphatic carbocycles. The summed E-state index contributed by atoms with van der Waals surface area (Å²) in [6, 6.07) is 15.8. The molecule has 7 nitrogen and oxygen atoms in total. The molecule has 11 heteroatoms. The summed E-state index contributed by atoms with van der Waals surface area (Å²) in [5.41, 5.74) is 0.150. The Hall–Kier alpha value is -3.79. The summed E-state index contributed by atoms with van der Waals surface area (Å²) in [7, 11) is 1.42. The van der Waals surface area contributed by atoms with Gasteiger partial charge in [0.2, 0.25) is 17.7 Å². The average Bonchev–Trinajstić information content (AvgIpc) is 3.38. The molecule has 0 bridgehead atoms. The highest BCUT2D eigenvalue weighted by molar-refractivity contribution is 6.30. The van der Waals surface area contributed by atoms with Crippen LogP contribution in [0.4, 0.5) is 18.0 Å². The first-order chi connectivity index (χ1) is 16.6. The number of hydrogen-bond acceptors (Lipinski definition) is 5. The normalized spacial score (nSPS) is 11.5. The number of aromatic nitrogens is 3. The summed E-state index contributed by atoms with van der Waals surface area (Å²) < 4.78 is 54.1. The molecule has 0 spiro atoms. The van der Waals surface area contributed by atoms with Crippen molar-refractivity contribution in [2.75, 3.05) is 7.05 Å². The molecular weight excluding hydrogens is 485 g/mol. The van der Waals surface area contributed by atoms with Crippen LogP contribution in [0.3, 0.4) is 0 Å². The molecule has 2 aromatic carbocycles. The van der Waals surface area contributed by atoms with Crippen molar-refractivity contribution in [2.45, 2.75) is 26.2 Å². The summed E-state index contributed by atoms with van der Waals surface area (Å²) in [5.74, 6) is 0.232. The predicted octanol–water partition coefficient (Wildman–Crippen LogP) is 6.20. The van der Waals surface area contributed by atoms with Crippen LogP contribution in [0.2, 0.25) is 5.02 Å². The fourth-order valence-corrected chi connectivity index (χ4v) is 3.59. The van der Waals surface area contributed by atoms with E-state index in [1.165, 1.54) is 7.05 Å². The van der Waals surface area contributed by atoms with Gasteiger partial charge in [0, 0.05) is 24.6 Å². The summed E-state index contributed by atoms with van der Waals surface area (Å²) in [4.78, 5) is 14.1. The number of rotatable bonds is 6. The van der Waals surface area contributed by atoms with Crippen LogP contribution in [0, 0.1) is 6.92 Å². The van der Waals surface area contributed by atoms with Crippen LogP contribution < -0.4 is 4.74 Å². The Balaban J connectivity index is 1.77. The molecule has 4 aromatic rings. The minimum Gasteiger partial charge on any atom is -0.424 e. The Morgan fingerprint density at radius 2 is 1.80 bits per heavy atom. The van der Waals surface area contributed by atoms with Crippen LogP contribution in [-0.2, 0) is 19.3 Å². The highest BCUT2D eigenvalue weighted by Gasteiger charge is 2.38. The molecule has 0 aliphatic heterocycles. The van der Waals surface area contributed by atoms with Gasteiger partial charge in [-0.05, 0) is 29.3 Å². The number of benzene rings is 2. The van der Waals surface area contributed by atoms with Gasteiger partial charge in [-0.25, -0.2) is 4.79 Å². The van der Waals surface area contributed by atoms with Crippen molar-refractivity contribution >= 4 is 17.7 Å². The monoisotopic (exact) mass is 504 g/mol. The van der Waals surface area contributed by atoms with Gasteiger partial charge in [0.1, 0.15) is 12.2 Å². The second kappa shape index (κ2) is 9.83. The molecule has 4 rings (SSSR count). The first-order valence-electron chi connectivity index (χ1n) is 10.4. The first-order valence-corrected chi connectivity index (χ1v) is 10.8. The number of hydrogen-bond donors (Lipinski definition) is 0. The summed E-state index contributed by atoms with van der Waals surface area (Å²) in [5, 5.41) is 7.94. The lowest BCUT2D eigenvalue weighted by Crippen LogP contribution is -2.30. The Kier molecular flexibility index (Phi) is 6.83. The first kappa shape index (κ1) is 24.3. The number of nitrogens with zero attached hydrogens (tertiary/aromatic N) is 4. The van der Waals surface area contributed by atoms with Gasteiger partial charge < -0.3 is 18.6 Å². The molecule has 0 saturated heterocycles. The third-order valence-electron chi connectivity index (χ3n) is 5.11. The topological polar surface area (TPSA) is 73.4 Å². The van der Waals surface area contributed by atoms with E-state index in [0.717, 1.165) is 15.5 Å². The second-order valence-corrected chi connectivity index (χ2v) is 8.20. The van der Waals surface area contributed by atoms with E-state index in [-0.39, 0.29) is 30.4 Å². The number of alkyl halides is 3. The van der Waals surface area contributed by atoms with Gasteiger partial charge in [-0.15, -0.1) is 10.2 Å². The Labute approximate surface area is 203 Å². The molecule has 1 amide bonds. The lowest BCUT2D eigenvalue weighted by atomic mass is 10.1. The number of carbonyl (C=O) groups excluding carboxylic acids is 1. The van der Waals surface area contributed by atoms with E-state index in [9.17, 15) is 18.0 Å². The van der Waals surface area contributed by atoms with Crippen LogP contribution in [0.1, 0.15) is 23.0 Å². The van der Waals surface area contributed by atoms with Crippen LogP contribution in [0.5, 0.6) is 5.88 Å². The van der Waals surface area contributed by atoms with E-state index in [4.69, 9.17) is 20.8 Å². The van der Waals surface area contributed by atoms with Gasteiger partial charge in [-0.2, -0.15) is 13.2 Å². The van der Waals surface area contributed by atoms with Gasteiger partial charge in [0.25, 0.3) is 0 Å². The minimum absolute atomic E-state index is 0.0819. The molecule has 0 unspecified atom stereocenters. The predicted molar refractivity (Wildman–Crippen MR) is 122 cm³/mol. The molecule has 35 heavy (non-hydrogen) atoms. The number of amides is 1. The van der Waals surface area contributed by atoms with E-state index < -0.39 is 18.0 Å². The maximum absolute atomic E-state index is 14.1. The van der Waals surface area contributed by atoms with E-state index in [2.05, 4.69) is 10.2 Å². The van der Waals surface area contributed by atoms with Crippen LogP contribution in [0.15, 0.2) is 65.1 Å². The molecule has 0 radical (unpaired) electrons. The van der Waals surface area contributed by atoms with Gasteiger partial charge in [0.15, 0.2) is 0 Å². The standard InChI is InChI=1S/C24H20ClF3N4O3/c1-15-29-30-21(34-15)14-31(2)23(33)35-22-19(17-8-10-18(25)11-9-17)12-20(24(26,27)28)32(22)13-16-6-4-3-5-7-16/h3-12H,13-14H2,1-2H3. The van der Waals surface area contributed by atoms with Gasteiger partial charge in [0.05, 0.1) is 6.54 Å². The lowest BCUT2D eigenvalue weighted by molar-refractivity contribution is -0.143. The lowest BCUT2D eigenvalue weighted by Gasteiger charge is -2.19. The number of ether oxygens (including phenoxy) is 1. The van der Waals surface area contributed by atoms with Crippen molar-refractivity contribution in [2.24, 2.45) is 0 Å². The SMILES string of the molecule is Cc1nnc(CN(C)C(=O)Oc2c(-c3ccc(Cl)cc3)cc(C(F)(F)F)n2Cc2ccccc2)o1. The summed E-state index contributed by atoms with van der Waals surface area (Å²) >= 11 is 5.96. The zero-order valence-corrected chi connectivity index (χ0v) is 19.5. The van der Waals surface area contributed by atoms with Crippen LogP contribution >= 0.6 is 11.6 Å². The quantitative estimate of drug-likeness (QED) is 0.313. The van der Waals surface area contributed by atoms with Crippen molar-refractivity contribution in [3.8, 4) is 17.0 Å². The van der Waals surface area contributed by atoms with Crippen LogP contribution in [0.25, 0.3) is 11.1 Å². The van der Waals surface area contributed by atoms with Gasteiger partial charge in [-0.3, -0.25) is 0 Å². The minimum atomic E-state index is -4.70. The van der Waals surface area contributed by atoms with Crippen molar-refractivity contribution < 1.29 is 27.1 Å². The molecule has 0 saturated carbocycles. The van der Waals surface area contributed by atoms with Crippen molar-refractivity contribution in [1.82, 2.24) is 19.7 Å². The van der Waals surface area contributed by atoms with Crippen molar-refractivity contribution in [1.29, 1.82) is 0 Å². The maximum Gasteiger partial charge on any atom is 0.431 e. The molecule has 0 atom stereocenters. The molecule has 2 aromatic heterocycles. The summed E-state index contributed by atoms with van der Waals surface area (Å²) in [6.45, 7) is 1.35. The smallest absolute Gasteiger partial charge is 0.424 e. The maximum atomic E-state index is 14.1. The van der Waals surface area contributed by atoms with E-state index >= 15 is 0 Å². The highest BCUT2D eigenvalue weighted by atomic mass is 35.5. The second-order valence-electron chi connectivity index (χ2n) is 7.76. The number of carbonyl (C=O) groups is 1. The Morgan fingerprint density at radius 3 is 2.40 bits per heavy atom. The third-order valence-corrected chi connectivity index (χ3v) is 5.36. The average molecular weight is 505 g/mol. The zero-order valence-electron chi connectivity index (χ0n) is 18.7.